The van der Waals surface area contributed by atoms with E-state index >= 15 is 0 Å². The van der Waals surface area contributed by atoms with Gasteiger partial charge < -0.3 is 14.4 Å². The fourth-order valence-electron chi connectivity index (χ4n) is 4.17. The van der Waals surface area contributed by atoms with Crippen LogP contribution in [0.1, 0.15) is 61.5 Å². The van der Waals surface area contributed by atoms with Gasteiger partial charge in [0.2, 0.25) is 0 Å². The summed E-state index contributed by atoms with van der Waals surface area (Å²) in [6.07, 6.45) is 4.30. The lowest BCUT2D eigenvalue weighted by Crippen LogP contribution is -2.42. The van der Waals surface area contributed by atoms with E-state index in [0.29, 0.717) is 12.6 Å². The van der Waals surface area contributed by atoms with E-state index in [1.54, 1.807) is 0 Å². The molecule has 1 atom stereocenters. The van der Waals surface area contributed by atoms with E-state index in [0.717, 1.165) is 48.4 Å². The number of fused-ring (bicyclic) bond motifs is 1. The summed E-state index contributed by atoms with van der Waals surface area (Å²) in [4.78, 5) is 14.8. The third-order valence-electron chi connectivity index (χ3n) is 5.71. The lowest BCUT2D eigenvalue weighted by atomic mass is 10.0. The van der Waals surface area contributed by atoms with Crippen LogP contribution in [0.5, 0.6) is 11.5 Å². The molecule has 0 saturated carbocycles. The van der Waals surface area contributed by atoms with Gasteiger partial charge in [-0.2, -0.15) is 0 Å². The molecule has 1 saturated heterocycles. The Morgan fingerprint density at radius 2 is 1.96 bits per heavy atom. The molecule has 4 rings (SSSR count). The molecular formula is C24H29NO3. The lowest BCUT2D eigenvalue weighted by molar-refractivity contribution is 0.0635. The van der Waals surface area contributed by atoms with E-state index in [1.807, 2.05) is 41.3 Å². The van der Waals surface area contributed by atoms with Gasteiger partial charge in [0.1, 0.15) is 12.2 Å². The summed E-state index contributed by atoms with van der Waals surface area (Å²) in [5.41, 5.74) is 2.80. The smallest absolute Gasteiger partial charge is 0.254 e. The van der Waals surface area contributed by atoms with Gasteiger partial charge in [0, 0.05) is 30.1 Å². The number of para-hydroxylation sites is 1. The van der Waals surface area contributed by atoms with Gasteiger partial charge >= 0.3 is 0 Å². The predicted octanol–water partition coefficient (Wildman–Crippen LogP) is 4.99. The molecule has 2 aliphatic heterocycles. The van der Waals surface area contributed by atoms with Crippen molar-refractivity contribution in [2.75, 3.05) is 6.54 Å². The molecule has 1 amide bonds. The fourth-order valence-corrected chi connectivity index (χ4v) is 4.17. The number of amides is 1. The molecule has 28 heavy (non-hydrogen) atoms. The number of benzene rings is 2. The van der Waals surface area contributed by atoms with Crippen LogP contribution in [-0.4, -0.2) is 29.0 Å². The van der Waals surface area contributed by atoms with Crippen molar-refractivity contribution in [2.24, 2.45) is 0 Å². The van der Waals surface area contributed by atoms with Crippen molar-refractivity contribution in [3.8, 4) is 11.5 Å². The topological polar surface area (TPSA) is 38.8 Å². The highest BCUT2D eigenvalue weighted by molar-refractivity contribution is 5.94. The summed E-state index contributed by atoms with van der Waals surface area (Å²) in [6, 6.07) is 14.2. The molecule has 0 bridgehead atoms. The second-order valence-corrected chi connectivity index (χ2v) is 8.61. The van der Waals surface area contributed by atoms with Gasteiger partial charge in [-0.1, -0.05) is 24.3 Å². The highest BCUT2D eigenvalue weighted by Crippen LogP contribution is 2.41. The van der Waals surface area contributed by atoms with E-state index in [1.165, 1.54) is 12.0 Å². The van der Waals surface area contributed by atoms with Crippen molar-refractivity contribution in [1.29, 1.82) is 0 Å². The van der Waals surface area contributed by atoms with Crippen LogP contribution in [0.25, 0.3) is 0 Å². The van der Waals surface area contributed by atoms with Crippen LogP contribution in [0.3, 0.4) is 0 Å². The van der Waals surface area contributed by atoms with Gasteiger partial charge in [-0.3, -0.25) is 4.79 Å². The molecule has 0 unspecified atom stereocenters. The Morgan fingerprint density at radius 1 is 1.18 bits per heavy atom. The summed E-state index contributed by atoms with van der Waals surface area (Å²) in [6.45, 7) is 7.64. The Hall–Kier alpha value is -2.49. The molecule has 4 heteroatoms. The normalized spacial score (nSPS) is 20.4. The van der Waals surface area contributed by atoms with E-state index < -0.39 is 0 Å². The molecule has 2 aromatic carbocycles. The zero-order valence-corrected chi connectivity index (χ0v) is 17.0. The number of ether oxygens (including phenoxy) is 2. The van der Waals surface area contributed by atoms with Crippen molar-refractivity contribution >= 4 is 5.91 Å². The average Bonchev–Trinajstić information content (AvgIpc) is 3.01. The number of rotatable bonds is 4. The number of carbonyl (C=O) groups is 1. The molecule has 1 fully saturated rings. The largest absolute Gasteiger partial charge is 0.485 e. The molecule has 0 spiro atoms. The van der Waals surface area contributed by atoms with E-state index in [-0.39, 0.29) is 11.5 Å². The number of hydrogen-bond acceptors (Lipinski definition) is 3. The van der Waals surface area contributed by atoms with Crippen LogP contribution in [0, 0.1) is 0 Å². The molecule has 0 aromatic heterocycles. The van der Waals surface area contributed by atoms with E-state index in [2.05, 4.69) is 26.8 Å². The summed E-state index contributed by atoms with van der Waals surface area (Å²) in [7, 11) is 0. The number of carbonyl (C=O) groups excluding carboxylic acids is 1. The quantitative estimate of drug-likeness (QED) is 0.751. The highest BCUT2D eigenvalue weighted by Gasteiger charge is 2.32. The third-order valence-corrected chi connectivity index (χ3v) is 5.71. The molecule has 4 nitrogen and oxygen atoms in total. The molecule has 0 N–H and O–H groups in total. The minimum absolute atomic E-state index is 0.135. The van der Waals surface area contributed by atoms with Gasteiger partial charge in [-0.05, 0) is 63.8 Å². The first-order valence-corrected chi connectivity index (χ1v) is 10.3. The van der Waals surface area contributed by atoms with Gasteiger partial charge in [0.25, 0.3) is 5.91 Å². The molecule has 0 radical (unpaired) electrons. The first-order chi connectivity index (χ1) is 13.4. The molecule has 148 valence electrons. The van der Waals surface area contributed by atoms with Crippen LogP contribution < -0.4 is 9.47 Å². The van der Waals surface area contributed by atoms with Crippen LogP contribution in [-0.2, 0) is 13.0 Å². The molecular weight excluding hydrogens is 350 g/mol. The van der Waals surface area contributed by atoms with Gasteiger partial charge in [0.15, 0.2) is 11.5 Å². The number of nitrogens with zero attached hydrogens (tertiary/aromatic N) is 1. The Kier molecular flexibility index (Phi) is 5.05. The maximum Gasteiger partial charge on any atom is 0.254 e. The Morgan fingerprint density at radius 3 is 2.71 bits per heavy atom. The van der Waals surface area contributed by atoms with Crippen LogP contribution >= 0.6 is 0 Å². The SMILES string of the molecule is C[C@@H]1CCCCN1C(=O)c1ccc(COc2cccc3c2OC(C)(C)C3)cc1. The summed E-state index contributed by atoms with van der Waals surface area (Å²) < 4.78 is 12.1. The second-order valence-electron chi connectivity index (χ2n) is 8.61. The van der Waals surface area contributed by atoms with Crippen molar-refractivity contribution in [1.82, 2.24) is 4.90 Å². The predicted molar refractivity (Wildman–Crippen MR) is 110 cm³/mol. The van der Waals surface area contributed by atoms with Crippen molar-refractivity contribution in [3.05, 3.63) is 59.2 Å². The first-order valence-electron chi connectivity index (χ1n) is 10.3. The minimum Gasteiger partial charge on any atom is -0.485 e. The Labute approximate surface area is 167 Å². The van der Waals surface area contributed by atoms with Gasteiger partial charge in [-0.25, -0.2) is 0 Å². The van der Waals surface area contributed by atoms with Crippen molar-refractivity contribution in [3.63, 3.8) is 0 Å². The summed E-state index contributed by atoms with van der Waals surface area (Å²) >= 11 is 0. The minimum atomic E-state index is -0.185. The molecule has 0 aliphatic carbocycles. The molecule has 2 heterocycles. The monoisotopic (exact) mass is 379 g/mol. The van der Waals surface area contributed by atoms with Gasteiger partial charge in [-0.15, -0.1) is 0 Å². The van der Waals surface area contributed by atoms with Crippen LogP contribution in [0.2, 0.25) is 0 Å². The first kappa shape index (κ1) is 18.9. The maximum atomic E-state index is 12.8. The molecule has 2 aliphatic rings. The Balaban J connectivity index is 1.41. The van der Waals surface area contributed by atoms with E-state index in [4.69, 9.17) is 9.47 Å². The third kappa shape index (κ3) is 3.87. The summed E-state index contributed by atoms with van der Waals surface area (Å²) in [5, 5.41) is 0. The standard InChI is InChI=1S/C24H29NO3/c1-17-7-4-5-14-25(17)23(26)19-12-10-18(11-13-19)16-27-21-9-6-8-20-15-24(2,3)28-22(20)21/h6,8-13,17H,4-5,7,14-16H2,1-3H3/t17-/m1/s1. The number of hydrogen-bond donors (Lipinski definition) is 0. The van der Waals surface area contributed by atoms with Crippen LogP contribution in [0.15, 0.2) is 42.5 Å². The number of likely N-dealkylation sites (tertiary alicyclic amines) is 1. The number of piperidine rings is 1. The van der Waals surface area contributed by atoms with E-state index in [9.17, 15) is 4.79 Å². The average molecular weight is 380 g/mol. The summed E-state index contributed by atoms with van der Waals surface area (Å²) in [5.74, 6) is 1.78. The molecule has 2 aromatic rings. The highest BCUT2D eigenvalue weighted by atomic mass is 16.5. The fraction of sp³-hybridized carbons (Fsp3) is 0.458. The zero-order chi connectivity index (χ0) is 19.7. The van der Waals surface area contributed by atoms with Gasteiger partial charge in [0.05, 0.1) is 0 Å². The lowest BCUT2D eigenvalue weighted by Gasteiger charge is -2.33. The maximum absolute atomic E-state index is 12.8. The zero-order valence-electron chi connectivity index (χ0n) is 17.0. The van der Waals surface area contributed by atoms with Crippen LogP contribution in [0.4, 0.5) is 0 Å². The van der Waals surface area contributed by atoms with Crippen molar-refractivity contribution in [2.45, 2.75) is 64.7 Å². The van der Waals surface area contributed by atoms with Crippen molar-refractivity contribution < 1.29 is 14.3 Å². The Bertz CT molecular complexity index is 857. The second kappa shape index (κ2) is 7.50.